The van der Waals surface area contributed by atoms with Gasteiger partial charge < -0.3 is 20.5 Å². The third kappa shape index (κ3) is 4.13. The normalized spacial score (nSPS) is 9.67. The van der Waals surface area contributed by atoms with Crippen LogP contribution in [0.3, 0.4) is 0 Å². The van der Waals surface area contributed by atoms with E-state index in [1.54, 1.807) is 0 Å². The Morgan fingerprint density at radius 2 is 2.13 bits per heavy atom. The first kappa shape index (κ1) is 11.7. The van der Waals surface area contributed by atoms with Crippen LogP contribution in [0.25, 0.3) is 0 Å². The molecule has 0 aliphatic rings. The third-order valence-corrected chi connectivity index (χ3v) is 2.37. The molecule has 0 aliphatic carbocycles. The lowest BCUT2D eigenvalue weighted by Gasteiger charge is -2.06. The second-order valence-corrected chi connectivity index (χ2v) is 3.90. The number of rotatable bonds is 4. The highest BCUT2D eigenvalue weighted by Gasteiger charge is 2.08. The van der Waals surface area contributed by atoms with E-state index in [1.165, 1.54) is 5.38 Å². The molecule has 0 fully saturated rings. The number of aromatic nitrogens is 1. The predicted octanol–water partition coefficient (Wildman–Crippen LogP) is -0.541. The molecule has 0 saturated heterocycles. The highest BCUT2D eigenvalue weighted by atomic mass is 35.5. The van der Waals surface area contributed by atoms with Crippen LogP contribution in [-0.2, 0) is 0 Å². The van der Waals surface area contributed by atoms with E-state index in [1.807, 2.05) is 5.32 Å². The third-order valence-electron chi connectivity index (χ3n) is 1.39. The molecule has 2 N–H and O–H groups in total. The van der Waals surface area contributed by atoms with E-state index < -0.39 is 12.0 Å². The molecule has 0 aromatic carbocycles. The number of carbonyl (C=O) groups excluding carboxylic acids is 2. The number of nitrogens with zero attached hydrogens (tertiary/aromatic N) is 1. The molecule has 0 radical (unpaired) electrons. The van der Waals surface area contributed by atoms with Crippen LogP contribution in [0.1, 0.15) is 10.5 Å². The van der Waals surface area contributed by atoms with Gasteiger partial charge in [-0.15, -0.1) is 11.3 Å². The van der Waals surface area contributed by atoms with E-state index >= 15 is 0 Å². The molecule has 0 spiro atoms. The molecular weight excluding hydrogens is 242 g/mol. The monoisotopic (exact) mass is 248 g/mol. The number of nitrogens with one attached hydrogen (secondary N) is 2. The second-order valence-electron chi connectivity index (χ2n) is 2.46. The van der Waals surface area contributed by atoms with E-state index in [-0.39, 0.29) is 23.3 Å². The minimum Gasteiger partial charge on any atom is -0.530 e. The molecule has 0 aliphatic heterocycles. The lowest BCUT2D eigenvalue weighted by molar-refractivity contribution is -0.250. The van der Waals surface area contributed by atoms with Gasteiger partial charge in [0.1, 0.15) is 11.8 Å². The molecule has 1 heterocycles. The number of hydrogen-bond acceptors (Lipinski definition) is 5. The van der Waals surface area contributed by atoms with E-state index in [4.69, 9.17) is 11.6 Å². The summed E-state index contributed by atoms with van der Waals surface area (Å²) in [5, 5.41) is 15.9. The first-order valence-corrected chi connectivity index (χ1v) is 5.19. The van der Waals surface area contributed by atoms with Crippen LogP contribution in [-0.4, -0.2) is 30.1 Å². The van der Waals surface area contributed by atoms with Crippen molar-refractivity contribution >= 4 is 34.9 Å². The lowest BCUT2D eigenvalue weighted by atomic mass is 10.4. The fourth-order valence-electron chi connectivity index (χ4n) is 0.787. The quantitative estimate of drug-likeness (QED) is 0.700. The summed E-state index contributed by atoms with van der Waals surface area (Å²) in [6.45, 7) is 0.258. The average molecular weight is 249 g/mol. The molecule has 1 aromatic heterocycles. The molecule has 0 atom stereocenters. The minimum absolute atomic E-state index is 0.0892. The van der Waals surface area contributed by atoms with Crippen molar-refractivity contribution in [1.29, 1.82) is 0 Å². The molecule has 2 amide bonds. The van der Waals surface area contributed by atoms with Crippen molar-refractivity contribution in [2.75, 3.05) is 13.1 Å². The van der Waals surface area contributed by atoms with Gasteiger partial charge in [0.2, 0.25) is 0 Å². The zero-order valence-corrected chi connectivity index (χ0v) is 9.02. The highest BCUT2D eigenvalue weighted by Crippen LogP contribution is 2.14. The van der Waals surface area contributed by atoms with Crippen LogP contribution in [0.2, 0.25) is 4.47 Å². The molecule has 0 unspecified atom stereocenters. The van der Waals surface area contributed by atoms with Gasteiger partial charge in [0.15, 0.2) is 4.47 Å². The molecule has 1 aromatic rings. The summed E-state index contributed by atoms with van der Waals surface area (Å²) < 4.78 is 0.285. The van der Waals surface area contributed by atoms with E-state index in [2.05, 4.69) is 10.3 Å². The molecule has 8 heteroatoms. The summed E-state index contributed by atoms with van der Waals surface area (Å²) in [5.74, 6) is -0.390. The van der Waals surface area contributed by atoms with E-state index in [0.717, 1.165) is 11.3 Å². The van der Waals surface area contributed by atoms with Crippen LogP contribution in [0, 0.1) is 0 Å². The summed E-state index contributed by atoms with van der Waals surface area (Å²) in [6, 6.07) is 0. The van der Waals surface area contributed by atoms with Crippen LogP contribution < -0.4 is 15.7 Å². The molecule has 82 valence electrons. The molecule has 0 saturated carbocycles. The Morgan fingerprint density at radius 1 is 1.47 bits per heavy atom. The van der Waals surface area contributed by atoms with Gasteiger partial charge in [-0.25, -0.2) is 4.98 Å². The van der Waals surface area contributed by atoms with Crippen LogP contribution in [0.15, 0.2) is 5.38 Å². The maximum atomic E-state index is 11.3. The maximum absolute atomic E-state index is 11.3. The zero-order chi connectivity index (χ0) is 11.3. The Hall–Kier alpha value is -1.34. The van der Waals surface area contributed by atoms with Gasteiger partial charge in [-0.1, -0.05) is 11.6 Å². The summed E-state index contributed by atoms with van der Waals surface area (Å²) in [4.78, 5) is 25.0. The number of amides is 2. The first-order valence-electron chi connectivity index (χ1n) is 3.93. The average Bonchev–Trinajstić information content (AvgIpc) is 2.59. The number of carboxylic acid groups (broad SMARTS) is 1. The van der Waals surface area contributed by atoms with Crippen LogP contribution in [0.4, 0.5) is 4.79 Å². The lowest BCUT2D eigenvalue weighted by Crippen LogP contribution is -2.41. The smallest absolute Gasteiger partial charge is 0.270 e. The summed E-state index contributed by atoms with van der Waals surface area (Å²) in [5.41, 5.74) is 0.221. The van der Waals surface area contributed by atoms with E-state index in [9.17, 15) is 14.7 Å². The SMILES string of the molecule is O=C([O-])NCCNC(=O)c1csc(Cl)n1. The predicted molar refractivity (Wildman–Crippen MR) is 52.9 cm³/mol. The number of hydrogen-bond donors (Lipinski definition) is 2. The van der Waals surface area contributed by atoms with Crippen molar-refractivity contribution in [3.8, 4) is 0 Å². The Kier molecular flexibility index (Phi) is 4.32. The van der Waals surface area contributed by atoms with Gasteiger partial charge in [0.05, 0.1) is 0 Å². The van der Waals surface area contributed by atoms with Crippen molar-refractivity contribution in [2.24, 2.45) is 0 Å². The summed E-state index contributed by atoms with van der Waals surface area (Å²) >= 11 is 6.69. The minimum atomic E-state index is -1.37. The molecule has 1 rings (SSSR count). The fourth-order valence-corrected chi connectivity index (χ4v) is 1.53. The Morgan fingerprint density at radius 3 is 2.67 bits per heavy atom. The van der Waals surface area contributed by atoms with Crippen LogP contribution >= 0.6 is 22.9 Å². The van der Waals surface area contributed by atoms with Crippen molar-refractivity contribution in [3.63, 3.8) is 0 Å². The second kappa shape index (κ2) is 5.52. The Bertz CT molecular complexity index is 368. The van der Waals surface area contributed by atoms with Crippen molar-refractivity contribution in [1.82, 2.24) is 15.6 Å². The number of halogens is 1. The van der Waals surface area contributed by atoms with Gasteiger partial charge in [-0.2, -0.15) is 0 Å². The van der Waals surface area contributed by atoms with Crippen molar-refractivity contribution < 1.29 is 14.7 Å². The van der Waals surface area contributed by atoms with Gasteiger partial charge >= 0.3 is 0 Å². The molecule has 0 bridgehead atoms. The van der Waals surface area contributed by atoms with Crippen LogP contribution in [0.5, 0.6) is 0 Å². The Labute approximate surface area is 94.3 Å². The first-order chi connectivity index (χ1) is 7.09. The number of thiazole rings is 1. The maximum Gasteiger partial charge on any atom is 0.270 e. The van der Waals surface area contributed by atoms with Crippen molar-refractivity contribution in [3.05, 3.63) is 15.5 Å². The van der Waals surface area contributed by atoms with Gasteiger partial charge in [-0.3, -0.25) is 4.79 Å². The van der Waals surface area contributed by atoms with Gasteiger partial charge in [-0.05, 0) is 0 Å². The van der Waals surface area contributed by atoms with Gasteiger partial charge in [0.25, 0.3) is 5.91 Å². The fraction of sp³-hybridized carbons (Fsp3) is 0.286. The highest BCUT2D eigenvalue weighted by molar-refractivity contribution is 7.14. The van der Waals surface area contributed by atoms with E-state index in [0.29, 0.717) is 0 Å². The topological polar surface area (TPSA) is 94.1 Å². The molecule has 15 heavy (non-hydrogen) atoms. The largest absolute Gasteiger partial charge is 0.530 e. The molecule has 6 nitrogen and oxygen atoms in total. The summed E-state index contributed by atoms with van der Waals surface area (Å²) in [6.07, 6.45) is -1.37. The number of carbonyl (C=O) groups is 2. The van der Waals surface area contributed by atoms with Gasteiger partial charge in [0, 0.05) is 18.5 Å². The molecular formula is C7H7ClN3O3S-. The van der Waals surface area contributed by atoms with Crippen molar-refractivity contribution in [2.45, 2.75) is 0 Å². The standard InChI is InChI=1S/C7H8ClN3O3S/c8-6-11-4(3-15-6)5(12)9-1-2-10-7(13)14/h3,10H,1-2H2,(H,9,12)(H,13,14)/p-1. The zero-order valence-electron chi connectivity index (χ0n) is 7.45. The Balaban J connectivity index is 2.28. The summed E-state index contributed by atoms with van der Waals surface area (Å²) in [7, 11) is 0.